The Bertz CT molecular complexity index is 219. The lowest BCUT2D eigenvalue weighted by atomic mass is 10.2. The van der Waals surface area contributed by atoms with Gasteiger partial charge in [0.15, 0.2) is 0 Å². The van der Waals surface area contributed by atoms with Crippen molar-refractivity contribution in [1.29, 1.82) is 0 Å². The third-order valence-electron chi connectivity index (χ3n) is 3.26. The molecule has 1 atom stereocenters. The topological polar surface area (TPSA) is 35.6 Å². The summed E-state index contributed by atoms with van der Waals surface area (Å²) in [6.07, 6.45) is 1.15. The first-order valence-corrected chi connectivity index (χ1v) is 5.54. The normalized spacial score (nSPS) is 29.9. The van der Waals surface area contributed by atoms with E-state index < -0.39 is 0 Å². The Balaban J connectivity index is 1.91. The van der Waals surface area contributed by atoms with Crippen LogP contribution in [0.2, 0.25) is 0 Å². The van der Waals surface area contributed by atoms with Crippen molar-refractivity contribution in [2.75, 3.05) is 39.3 Å². The highest BCUT2D eigenvalue weighted by Gasteiger charge is 2.30. The lowest BCUT2D eigenvalue weighted by Gasteiger charge is -2.32. The van der Waals surface area contributed by atoms with Crippen molar-refractivity contribution in [3.05, 3.63) is 0 Å². The van der Waals surface area contributed by atoms with Gasteiger partial charge in [-0.3, -0.25) is 4.79 Å². The van der Waals surface area contributed by atoms with Gasteiger partial charge in [-0.2, -0.15) is 0 Å². The number of carbonyl (C=O) groups excluding carboxylic acids is 1. The molecule has 0 aromatic rings. The smallest absolute Gasteiger partial charge is 0.236 e. The molecule has 0 spiro atoms. The zero-order valence-corrected chi connectivity index (χ0v) is 8.83. The molecule has 2 saturated heterocycles. The average Bonchev–Trinajstić information content (AvgIpc) is 2.67. The molecule has 2 heterocycles. The van der Waals surface area contributed by atoms with Crippen molar-refractivity contribution in [3.8, 4) is 0 Å². The van der Waals surface area contributed by atoms with E-state index >= 15 is 0 Å². The molecule has 1 amide bonds. The lowest BCUT2D eigenvalue weighted by molar-refractivity contribution is -0.134. The van der Waals surface area contributed by atoms with E-state index in [1.807, 2.05) is 0 Å². The van der Waals surface area contributed by atoms with Crippen LogP contribution in [0.15, 0.2) is 0 Å². The molecule has 14 heavy (non-hydrogen) atoms. The fraction of sp³-hybridized carbons (Fsp3) is 0.900. The van der Waals surface area contributed by atoms with Crippen LogP contribution in [-0.2, 0) is 4.79 Å². The van der Waals surface area contributed by atoms with Gasteiger partial charge >= 0.3 is 0 Å². The minimum Gasteiger partial charge on any atom is -0.336 e. The number of carbonyl (C=O) groups is 1. The van der Waals surface area contributed by atoms with Gasteiger partial charge < -0.3 is 15.1 Å². The molecule has 2 rings (SSSR count). The Morgan fingerprint density at radius 3 is 3.00 bits per heavy atom. The summed E-state index contributed by atoms with van der Waals surface area (Å²) in [4.78, 5) is 16.1. The van der Waals surface area contributed by atoms with Gasteiger partial charge in [0.25, 0.3) is 0 Å². The van der Waals surface area contributed by atoms with Crippen molar-refractivity contribution in [3.63, 3.8) is 0 Å². The van der Waals surface area contributed by atoms with Crippen LogP contribution in [0.4, 0.5) is 0 Å². The van der Waals surface area contributed by atoms with Gasteiger partial charge in [0.05, 0.1) is 6.54 Å². The van der Waals surface area contributed by atoms with Gasteiger partial charge in [0.1, 0.15) is 0 Å². The Hall–Kier alpha value is -0.610. The summed E-state index contributed by atoms with van der Waals surface area (Å²) in [5.41, 5.74) is 0. The summed E-state index contributed by atoms with van der Waals surface area (Å²) in [6.45, 7) is 7.89. The Morgan fingerprint density at radius 1 is 1.50 bits per heavy atom. The van der Waals surface area contributed by atoms with E-state index in [-0.39, 0.29) is 5.91 Å². The lowest BCUT2D eigenvalue weighted by Crippen LogP contribution is -2.53. The number of likely N-dealkylation sites (tertiary alicyclic amines) is 1. The molecule has 4 nitrogen and oxygen atoms in total. The highest BCUT2D eigenvalue weighted by Crippen LogP contribution is 2.15. The van der Waals surface area contributed by atoms with Crippen molar-refractivity contribution in [1.82, 2.24) is 15.1 Å². The predicted octanol–water partition coefficient (Wildman–Crippen LogP) is -0.488. The van der Waals surface area contributed by atoms with Gasteiger partial charge in [0, 0.05) is 32.2 Å². The summed E-state index contributed by atoms with van der Waals surface area (Å²) in [5.74, 6) is 0.277. The molecule has 0 aliphatic carbocycles. The molecule has 1 N–H and O–H groups in total. The second-order valence-corrected chi connectivity index (χ2v) is 4.10. The van der Waals surface area contributed by atoms with Crippen molar-refractivity contribution in [2.45, 2.75) is 19.4 Å². The van der Waals surface area contributed by atoms with E-state index in [9.17, 15) is 4.79 Å². The maximum absolute atomic E-state index is 11.6. The molecule has 0 aromatic carbocycles. The fourth-order valence-electron chi connectivity index (χ4n) is 2.36. The Morgan fingerprint density at radius 2 is 2.36 bits per heavy atom. The van der Waals surface area contributed by atoms with Crippen LogP contribution >= 0.6 is 0 Å². The first kappa shape index (κ1) is 9.93. The van der Waals surface area contributed by atoms with E-state index in [4.69, 9.17) is 0 Å². The third-order valence-corrected chi connectivity index (χ3v) is 3.26. The first-order valence-electron chi connectivity index (χ1n) is 5.54. The molecule has 2 aliphatic heterocycles. The molecule has 0 saturated carbocycles. The van der Waals surface area contributed by atoms with Crippen LogP contribution in [0.5, 0.6) is 0 Å². The summed E-state index contributed by atoms with van der Waals surface area (Å²) in [6, 6.07) is 0.476. The van der Waals surface area contributed by atoms with E-state index in [2.05, 4.69) is 22.0 Å². The zero-order valence-electron chi connectivity index (χ0n) is 8.83. The van der Waals surface area contributed by atoms with Gasteiger partial charge in [-0.25, -0.2) is 0 Å². The monoisotopic (exact) mass is 197 g/mol. The Labute approximate surface area is 85.2 Å². The molecule has 4 heteroatoms. The van der Waals surface area contributed by atoms with Gasteiger partial charge in [-0.1, -0.05) is 6.92 Å². The molecule has 0 radical (unpaired) electrons. The van der Waals surface area contributed by atoms with Crippen LogP contribution in [0.25, 0.3) is 0 Å². The number of nitrogens with one attached hydrogen (secondary N) is 1. The highest BCUT2D eigenvalue weighted by atomic mass is 16.2. The van der Waals surface area contributed by atoms with Crippen LogP contribution < -0.4 is 5.32 Å². The Kier molecular flexibility index (Phi) is 3.03. The number of likely N-dealkylation sites (N-methyl/N-ethyl adjacent to an activating group) is 1. The largest absolute Gasteiger partial charge is 0.336 e. The number of nitrogens with zero attached hydrogens (tertiary/aromatic N) is 2. The first-order chi connectivity index (χ1) is 6.81. The third kappa shape index (κ3) is 1.91. The molecule has 2 fully saturated rings. The standard InChI is InChI=1S/C10H19N3O/c1-2-12-5-3-9(8-12)13-6-4-11-7-10(13)14/h9,11H,2-8H2,1H3. The van der Waals surface area contributed by atoms with Crippen LogP contribution in [0, 0.1) is 0 Å². The van der Waals surface area contributed by atoms with Crippen molar-refractivity contribution < 1.29 is 4.79 Å². The second kappa shape index (κ2) is 4.28. The maximum Gasteiger partial charge on any atom is 0.236 e. The van der Waals surface area contributed by atoms with E-state index in [0.717, 1.165) is 39.1 Å². The number of amides is 1. The quantitative estimate of drug-likeness (QED) is 0.649. The maximum atomic E-state index is 11.6. The van der Waals surface area contributed by atoms with E-state index in [1.54, 1.807) is 0 Å². The minimum atomic E-state index is 0.277. The van der Waals surface area contributed by atoms with E-state index in [0.29, 0.717) is 12.6 Å². The van der Waals surface area contributed by atoms with Gasteiger partial charge in [-0.15, -0.1) is 0 Å². The molecule has 80 valence electrons. The van der Waals surface area contributed by atoms with Gasteiger partial charge in [0.2, 0.25) is 5.91 Å². The molecule has 0 bridgehead atoms. The number of rotatable bonds is 2. The molecule has 0 aromatic heterocycles. The van der Waals surface area contributed by atoms with Gasteiger partial charge in [-0.05, 0) is 13.0 Å². The second-order valence-electron chi connectivity index (χ2n) is 4.10. The predicted molar refractivity (Wildman–Crippen MR) is 55.1 cm³/mol. The van der Waals surface area contributed by atoms with Crippen LogP contribution in [0.3, 0.4) is 0 Å². The zero-order chi connectivity index (χ0) is 9.97. The molecular weight excluding hydrogens is 178 g/mol. The number of hydrogen-bond acceptors (Lipinski definition) is 3. The van der Waals surface area contributed by atoms with Crippen molar-refractivity contribution in [2.24, 2.45) is 0 Å². The fourth-order valence-corrected chi connectivity index (χ4v) is 2.36. The van der Waals surface area contributed by atoms with Crippen LogP contribution in [0.1, 0.15) is 13.3 Å². The SMILES string of the molecule is CCN1CCC(N2CCNCC2=O)C1. The molecule has 2 aliphatic rings. The number of hydrogen-bond donors (Lipinski definition) is 1. The molecule has 1 unspecified atom stereocenters. The average molecular weight is 197 g/mol. The minimum absolute atomic E-state index is 0.277. The summed E-state index contributed by atoms with van der Waals surface area (Å²) < 4.78 is 0. The van der Waals surface area contributed by atoms with E-state index in [1.165, 1.54) is 0 Å². The number of piperazine rings is 1. The summed E-state index contributed by atoms with van der Waals surface area (Å²) >= 11 is 0. The summed E-state index contributed by atoms with van der Waals surface area (Å²) in [7, 11) is 0. The molecular formula is C10H19N3O. The van der Waals surface area contributed by atoms with Crippen LogP contribution in [-0.4, -0.2) is 61.0 Å². The highest BCUT2D eigenvalue weighted by molar-refractivity contribution is 5.79. The summed E-state index contributed by atoms with van der Waals surface area (Å²) in [5, 5.41) is 3.11. The van der Waals surface area contributed by atoms with Crippen molar-refractivity contribution >= 4 is 5.91 Å².